The Morgan fingerprint density at radius 2 is 1.48 bits per heavy atom. The van der Waals surface area contributed by atoms with Crippen molar-refractivity contribution in [2.45, 2.75) is 12.9 Å². The molecule has 5 rings (SSSR count). The topological polar surface area (TPSA) is 142 Å². The lowest BCUT2D eigenvalue weighted by atomic mass is 9.55. The summed E-state index contributed by atoms with van der Waals surface area (Å²) in [5, 5.41) is 9.26. The number of nitrogens with one attached hydrogen (secondary N) is 3. The Labute approximate surface area is 312 Å². The average Bonchev–Trinajstić information content (AvgIpc) is 3.18. The fourth-order valence-corrected chi connectivity index (χ4v) is 5.34. The third-order valence-electron chi connectivity index (χ3n) is 7.89. The van der Waals surface area contributed by atoms with Crippen molar-refractivity contribution >= 4 is 35.3 Å². The van der Waals surface area contributed by atoms with Crippen LogP contribution in [-0.4, -0.2) is 81.8 Å². The molecule has 1 aromatic heterocycles. The summed E-state index contributed by atoms with van der Waals surface area (Å²) in [5.74, 6) is -0.173. The molecule has 0 radical (unpaired) electrons. The van der Waals surface area contributed by atoms with Crippen molar-refractivity contribution < 1.29 is 36.8 Å². The van der Waals surface area contributed by atoms with Gasteiger partial charge in [0.05, 0.1) is 32.1 Å². The van der Waals surface area contributed by atoms with Crippen LogP contribution in [0.25, 0.3) is 11.3 Å². The highest BCUT2D eigenvalue weighted by Gasteiger charge is 2.31. The fraction of sp³-hybridized carbons (Fsp3) is 0.256. The quantitative estimate of drug-likeness (QED) is 0.0631. The van der Waals surface area contributed by atoms with Gasteiger partial charge in [0.15, 0.2) is 0 Å². The van der Waals surface area contributed by atoms with E-state index in [1.165, 1.54) is 30.6 Å². The monoisotopic (exact) mass is 742 g/mol. The first kappa shape index (κ1) is 39.9. The summed E-state index contributed by atoms with van der Waals surface area (Å²) in [7, 11) is 0. The Bertz CT molecular complexity index is 1870. The number of hydrogen-bond acceptors (Lipinski definition) is 10. The molecule has 0 aliphatic carbocycles. The lowest BCUT2D eigenvalue weighted by Gasteiger charge is -2.15. The van der Waals surface area contributed by atoms with Crippen molar-refractivity contribution in [2.24, 2.45) is 5.73 Å². The van der Waals surface area contributed by atoms with E-state index in [4.69, 9.17) is 19.9 Å². The van der Waals surface area contributed by atoms with Gasteiger partial charge in [0, 0.05) is 55.7 Å². The van der Waals surface area contributed by atoms with Gasteiger partial charge >= 0.3 is 13.3 Å². The van der Waals surface area contributed by atoms with Gasteiger partial charge in [0.25, 0.3) is 5.91 Å². The summed E-state index contributed by atoms with van der Waals surface area (Å²) in [5.41, 5.74) is 11.2. The number of alkyl halides is 3. The van der Waals surface area contributed by atoms with Crippen molar-refractivity contribution in [2.75, 3.05) is 58.0 Å². The Kier molecular flexibility index (Phi) is 15.4. The summed E-state index contributed by atoms with van der Waals surface area (Å²) in [6, 6.07) is 32.4. The van der Waals surface area contributed by atoms with Gasteiger partial charge in [-0.15, -0.1) is 13.2 Å². The van der Waals surface area contributed by atoms with Crippen LogP contribution in [0, 0.1) is 0 Å². The summed E-state index contributed by atoms with van der Waals surface area (Å²) in [6.45, 7) is 4.21. The lowest BCUT2D eigenvalue weighted by molar-refractivity contribution is -0.274. The molecule has 282 valence electrons. The molecule has 1 heterocycles. The number of anilines is 2. The van der Waals surface area contributed by atoms with E-state index in [9.17, 15) is 18.0 Å². The molecule has 0 fully saturated rings. The zero-order chi connectivity index (χ0) is 38.0. The number of benzene rings is 4. The highest BCUT2D eigenvalue weighted by atomic mass is 19.4. The van der Waals surface area contributed by atoms with Crippen LogP contribution in [0.15, 0.2) is 116 Å². The number of carbonyl (C=O) groups is 1. The number of rotatable bonds is 21. The second kappa shape index (κ2) is 20.8. The number of halogens is 3. The van der Waals surface area contributed by atoms with Crippen molar-refractivity contribution in [3.05, 3.63) is 127 Å². The normalized spacial score (nSPS) is 11.3. The number of ether oxygens (including phenoxy) is 3. The zero-order valence-electron chi connectivity index (χ0n) is 29.6. The van der Waals surface area contributed by atoms with Crippen LogP contribution in [0.5, 0.6) is 5.75 Å². The molecule has 0 spiro atoms. The van der Waals surface area contributed by atoms with Crippen molar-refractivity contribution in [3.63, 3.8) is 0 Å². The Hall–Kier alpha value is -5.32. The Morgan fingerprint density at radius 3 is 2.20 bits per heavy atom. The van der Waals surface area contributed by atoms with Gasteiger partial charge in [0.2, 0.25) is 0 Å². The number of amides is 1. The van der Waals surface area contributed by atoms with Crippen LogP contribution in [0.2, 0.25) is 0 Å². The SMILES string of the molecule is NCCOB(c1ccccc1)c1ccc(CNCCOCCOCCNC(=O)c2cccc(-c3cc(Nc4ccc(OC(F)(F)F)cc4)ncn3)c2)cc1. The number of aromatic nitrogens is 2. The van der Waals surface area contributed by atoms with Gasteiger partial charge in [-0.1, -0.05) is 66.7 Å². The largest absolute Gasteiger partial charge is 0.573 e. The molecule has 0 aliphatic heterocycles. The predicted molar refractivity (Wildman–Crippen MR) is 202 cm³/mol. The van der Waals surface area contributed by atoms with E-state index >= 15 is 0 Å². The highest BCUT2D eigenvalue weighted by molar-refractivity contribution is 6.80. The smallest absolute Gasteiger partial charge is 0.426 e. The minimum absolute atomic E-state index is 0.158. The van der Waals surface area contributed by atoms with Gasteiger partial charge < -0.3 is 40.5 Å². The summed E-state index contributed by atoms with van der Waals surface area (Å²) in [6.07, 6.45) is -3.41. The van der Waals surface area contributed by atoms with E-state index in [-0.39, 0.29) is 18.6 Å². The number of nitrogens with zero attached hydrogens (tertiary/aromatic N) is 2. The van der Waals surface area contributed by atoms with Crippen LogP contribution in [0.1, 0.15) is 15.9 Å². The van der Waals surface area contributed by atoms with E-state index in [2.05, 4.69) is 67.1 Å². The molecule has 0 atom stereocenters. The van der Waals surface area contributed by atoms with Gasteiger partial charge in [-0.2, -0.15) is 0 Å². The first-order valence-corrected chi connectivity index (χ1v) is 17.4. The van der Waals surface area contributed by atoms with E-state index < -0.39 is 6.36 Å². The molecular weight excluding hydrogens is 700 g/mol. The van der Waals surface area contributed by atoms with Gasteiger partial charge in [-0.25, -0.2) is 9.97 Å². The molecule has 0 unspecified atom stereocenters. The van der Waals surface area contributed by atoms with E-state index in [0.29, 0.717) is 87.5 Å². The van der Waals surface area contributed by atoms with Crippen LogP contribution in [0.3, 0.4) is 0 Å². The first-order valence-electron chi connectivity index (χ1n) is 17.4. The van der Waals surface area contributed by atoms with E-state index in [0.717, 1.165) is 16.5 Å². The molecule has 0 saturated heterocycles. The molecule has 1 amide bonds. The second-order valence-corrected chi connectivity index (χ2v) is 11.9. The molecule has 0 bridgehead atoms. The Balaban J connectivity index is 0.946. The molecule has 54 heavy (non-hydrogen) atoms. The summed E-state index contributed by atoms with van der Waals surface area (Å²) >= 11 is 0. The van der Waals surface area contributed by atoms with Crippen molar-refractivity contribution in [1.82, 2.24) is 20.6 Å². The standard InChI is InChI=1S/C39H42BF3N6O5/c41-39(42,43)54-35-15-13-34(14-16-35)49-37-26-36(47-28-48-37)30-5-4-6-31(25-30)38(50)46-19-22-52-24-23-51-21-18-45-27-29-9-11-33(12-10-29)40(53-20-17-44)32-7-2-1-3-8-32/h1-16,25-26,28,45H,17-24,27,44H2,(H,46,50)(H,47,48,49). The minimum Gasteiger partial charge on any atom is -0.426 e. The van der Waals surface area contributed by atoms with Gasteiger partial charge in [-0.3, -0.25) is 4.79 Å². The van der Waals surface area contributed by atoms with E-state index in [1.54, 1.807) is 24.3 Å². The number of hydrogen-bond donors (Lipinski definition) is 4. The molecule has 4 aromatic carbocycles. The molecule has 5 N–H and O–H groups in total. The maximum absolute atomic E-state index is 12.8. The highest BCUT2D eigenvalue weighted by Crippen LogP contribution is 2.26. The summed E-state index contributed by atoms with van der Waals surface area (Å²) in [4.78, 5) is 21.3. The summed E-state index contributed by atoms with van der Waals surface area (Å²) < 4.78 is 58.5. The second-order valence-electron chi connectivity index (χ2n) is 11.9. The fourth-order valence-electron chi connectivity index (χ4n) is 5.34. The van der Waals surface area contributed by atoms with Crippen molar-refractivity contribution in [1.29, 1.82) is 0 Å². The first-order chi connectivity index (χ1) is 26.3. The Morgan fingerprint density at radius 1 is 0.759 bits per heavy atom. The lowest BCUT2D eigenvalue weighted by Crippen LogP contribution is -2.45. The molecule has 0 aliphatic rings. The van der Waals surface area contributed by atoms with Gasteiger partial charge in [-0.05, 0) is 52.9 Å². The van der Waals surface area contributed by atoms with Crippen LogP contribution in [0.4, 0.5) is 24.7 Å². The average molecular weight is 743 g/mol. The third-order valence-corrected chi connectivity index (χ3v) is 7.89. The third kappa shape index (κ3) is 13.3. The maximum Gasteiger partial charge on any atom is 0.573 e. The molecule has 11 nitrogen and oxygen atoms in total. The maximum atomic E-state index is 12.8. The van der Waals surface area contributed by atoms with Crippen LogP contribution >= 0.6 is 0 Å². The predicted octanol–water partition coefficient (Wildman–Crippen LogP) is 4.42. The van der Waals surface area contributed by atoms with E-state index in [1.807, 2.05) is 24.3 Å². The van der Waals surface area contributed by atoms with Crippen LogP contribution < -0.4 is 37.3 Å². The van der Waals surface area contributed by atoms with Crippen LogP contribution in [-0.2, 0) is 20.7 Å². The number of carbonyl (C=O) groups excluding carboxylic acids is 1. The minimum atomic E-state index is -4.77. The number of nitrogens with two attached hydrogens (primary N) is 1. The molecular formula is C39H42BF3N6O5. The van der Waals surface area contributed by atoms with Crippen molar-refractivity contribution in [3.8, 4) is 17.0 Å². The molecule has 5 aromatic rings. The molecule has 15 heteroatoms. The zero-order valence-corrected chi connectivity index (χ0v) is 29.6. The molecule has 0 saturated carbocycles. The van der Waals surface area contributed by atoms with Gasteiger partial charge in [0.1, 0.15) is 17.9 Å².